The van der Waals surface area contributed by atoms with Gasteiger partial charge in [-0.2, -0.15) is 5.26 Å². The second-order valence-corrected chi connectivity index (χ2v) is 10.8. The summed E-state index contributed by atoms with van der Waals surface area (Å²) in [5.41, 5.74) is 1.96. The van der Waals surface area contributed by atoms with Crippen LogP contribution in [-0.4, -0.2) is 49.4 Å². The lowest BCUT2D eigenvalue weighted by Gasteiger charge is -2.56. The second-order valence-electron chi connectivity index (χ2n) is 10.8. The Morgan fingerprint density at radius 1 is 0.969 bits per heavy atom. The molecule has 1 aromatic rings. The zero-order valence-electron chi connectivity index (χ0n) is 18.9. The van der Waals surface area contributed by atoms with Crippen LogP contribution in [0.15, 0.2) is 24.3 Å². The van der Waals surface area contributed by atoms with Crippen molar-refractivity contribution in [3.05, 3.63) is 29.8 Å². The van der Waals surface area contributed by atoms with Gasteiger partial charge in [0, 0.05) is 38.3 Å². The summed E-state index contributed by atoms with van der Waals surface area (Å²) in [4.78, 5) is 29.7. The smallest absolute Gasteiger partial charge is 0.242 e. The maximum absolute atomic E-state index is 12.8. The molecule has 4 saturated carbocycles. The Bertz CT molecular complexity index is 868. The van der Waals surface area contributed by atoms with E-state index in [1.54, 1.807) is 0 Å². The monoisotopic (exact) mass is 434 g/mol. The summed E-state index contributed by atoms with van der Waals surface area (Å²) in [5, 5.41) is 11.9. The lowest BCUT2D eigenvalue weighted by Crippen LogP contribution is -2.49. The Hall–Kier alpha value is -2.55. The lowest BCUT2D eigenvalue weighted by atomic mass is 9.49. The van der Waals surface area contributed by atoms with E-state index in [-0.39, 0.29) is 23.8 Å². The predicted octanol–water partition coefficient (Wildman–Crippen LogP) is 3.32. The Morgan fingerprint density at radius 2 is 1.62 bits per heavy atom. The minimum absolute atomic E-state index is 0.0190. The van der Waals surface area contributed by atoms with Crippen molar-refractivity contribution in [3.63, 3.8) is 0 Å². The first-order valence-corrected chi connectivity index (χ1v) is 12.3. The maximum atomic E-state index is 12.8. The van der Waals surface area contributed by atoms with Crippen molar-refractivity contribution in [1.82, 2.24) is 10.2 Å². The highest BCUT2D eigenvalue weighted by molar-refractivity contribution is 5.85. The minimum Gasteiger partial charge on any atom is -0.370 e. The normalized spacial score (nSPS) is 31.2. The molecule has 1 saturated heterocycles. The van der Waals surface area contributed by atoms with E-state index < -0.39 is 0 Å². The summed E-state index contributed by atoms with van der Waals surface area (Å²) >= 11 is 0. The topological polar surface area (TPSA) is 76.4 Å². The fourth-order valence-electron chi connectivity index (χ4n) is 7.37. The number of carbonyl (C=O) groups is 2. The minimum atomic E-state index is 0.0190. The number of nitrogens with one attached hydrogen (secondary N) is 1. The molecule has 0 aromatic heterocycles. The molecule has 4 aliphatic carbocycles. The van der Waals surface area contributed by atoms with E-state index in [2.05, 4.69) is 16.3 Å². The Balaban J connectivity index is 1.10. The zero-order valence-corrected chi connectivity index (χ0v) is 18.9. The number of hydrogen-bond acceptors (Lipinski definition) is 4. The van der Waals surface area contributed by atoms with Crippen molar-refractivity contribution in [2.24, 2.45) is 23.2 Å². The van der Waals surface area contributed by atoms with E-state index in [1.165, 1.54) is 38.5 Å². The number of carbonyl (C=O) groups excluding carboxylic acids is 2. The van der Waals surface area contributed by atoms with Crippen molar-refractivity contribution in [2.45, 2.75) is 51.4 Å². The molecule has 6 rings (SSSR count). The molecule has 1 aliphatic heterocycles. The fourth-order valence-corrected chi connectivity index (χ4v) is 7.37. The van der Waals surface area contributed by atoms with Gasteiger partial charge in [0.2, 0.25) is 11.8 Å². The summed E-state index contributed by atoms with van der Waals surface area (Å²) in [7, 11) is 0. The molecule has 5 fully saturated rings. The lowest BCUT2D eigenvalue weighted by molar-refractivity contribution is -0.135. The quantitative estimate of drug-likeness (QED) is 0.771. The van der Waals surface area contributed by atoms with Crippen LogP contribution in [0.4, 0.5) is 5.69 Å². The van der Waals surface area contributed by atoms with E-state index in [0.29, 0.717) is 18.5 Å². The van der Waals surface area contributed by atoms with Crippen molar-refractivity contribution in [1.29, 1.82) is 5.26 Å². The van der Waals surface area contributed by atoms with Crippen molar-refractivity contribution in [2.75, 3.05) is 37.6 Å². The van der Waals surface area contributed by atoms with Gasteiger partial charge in [-0.25, -0.2) is 0 Å². The SMILES string of the molecule is N#Cc1ccc(N2CCCN(C(=O)CNC(=O)CC34CC5CC(CC(C5)C3)C4)CC2)cc1. The van der Waals surface area contributed by atoms with Crippen LogP contribution in [0.3, 0.4) is 0 Å². The Labute approximate surface area is 190 Å². The van der Waals surface area contributed by atoms with Crippen LogP contribution in [0.1, 0.15) is 56.9 Å². The molecule has 0 atom stereocenters. The average Bonchev–Trinajstić information content (AvgIpc) is 3.03. The van der Waals surface area contributed by atoms with Gasteiger partial charge in [-0.1, -0.05) is 0 Å². The summed E-state index contributed by atoms with van der Waals surface area (Å²) in [5.74, 6) is 2.60. The third-order valence-electron chi connectivity index (χ3n) is 8.35. The highest BCUT2D eigenvalue weighted by Crippen LogP contribution is 2.61. The third kappa shape index (κ3) is 4.48. The Morgan fingerprint density at radius 3 is 2.25 bits per heavy atom. The van der Waals surface area contributed by atoms with Crippen LogP contribution in [0.2, 0.25) is 0 Å². The van der Waals surface area contributed by atoms with E-state index in [1.807, 2.05) is 29.2 Å². The molecule has 5 aliphatic rings. The number of nitrogens with zero attached hydrogens (tertiary/aromatic N) is 3. The third-order valence-corrected chi connectivity index (χ3v) is 8.35. The predicted molar refractivity (Wildman–Crippen MR) is 123 cm³/mol. The van der Waals surface area contributed by atoms with Crippen LogP contribution < -0.4 is 10.2 Å². The molecule has 6 nitrogen and oxygen atoms in total. The second kappa shape index (κ2) is 8.77. The summed E-state index contributed by atoms with van der Waals surface area (Å²) < 4.78 is 0. The summed E-state index contributed by atoms with van der Waals surface area (Å²) in [6, 6.07) is 9.77. The van der Waals surface area contributed by atoms with E-state index >= 15 is 0 Å². The van der Waals surface area contributed by atoms with Gasteiger partial charge in [-0.3, -0.25) is 9.59 Å². The van der Waals surface area contributed by atoms with Crippen LogP contribution in [0.25, 0.3) is 0 Å². The molecular weight excluding hydrogens is 400 g/mol. The van der Waals surface area contributed by atoms with E-state index in [9.17, 15) is 9.59 Å². The molecule has 0 unspecified atom stereocenters. The molecule has 1 aromatic carbocycles. The number of nitriles is 1. The molecular formula is C26H34N4O2. The molecule has 2 amide bonds. The van der Waals surface area contributed by atoms with Gasteiger partial charge in [0.05, 0.1) is 18.2 Å². The number of amides is 2. The van der Waals surface area contributed by atoms with Gasteiger partial charge < -0.3 is 15.1 Å². The number of benzene rings is 1. The van der Waals surface area contributed by atoms with E-state index in [0.717, 1.165) is 49.5 Å². The molecule has 4 bridgehead atoms. The van der Waals surface area contributed by atoms with Crippen LogP contribution >= 0.6 is 0 Å². The first-order chi connectivity index (χ1) is 15.5. The van der Waals surface area contributed by atoms with Gasteiger partial charge in [0.25, 0.3) is 0 Å². The number of anilines is 1. The summed E-state index contributed by atoms with van der Waals surface area (Å²) in [6.07, 6.45) is 9.31. The van der Waals surface area contributed by atoms with Crippen LogP contribution in [0, 0.1) is 34.5 Å². The fraction of sp³-hybridized carbons (Fsp3) is 0.654. The molecule has 170 valence electrons. The van der Waals surface area contributed by atoms with Crippen molar-refractivity contribution >= 4 is 17.5 Å². The Kier molecular flexibility index (Phi) is 5.84. The van der Waals surface area contributed by atoms with Crippen LogP contribution in [0.5, 0.6) is 0 Å². The van der Waals surface area contributed by atoms with Gasteiger partial charge in [-0.05, 0) is 92.4 Å². The van der Waals surface area contributed by atoms with E-state index in [4.69, 9.17) is 5.26 Å². The molecule has 32 heavy (non-hydrogen) atoms. The summed E-state index contributed by atoms with van der Waals surface area (Å²) in [6.45, 7) is 3.13. The van der Waals surface area contributed by atoms with Gasteiger partial charge in [-0.15, -0.1) is 0 Å². The molecule has 0 spiro atoms. The molecule has 6 heteroatoms. The van der Waals surface area contributed by atoms with Gasteiger partial charge in [0.1, 0.15) is 0 Å². The number of hydrogen-bond donors (Lipinski definition) is 1. The highest BCUT2D eigenvalue weighted by Gasteiger charge is 2.51. The standard InChI is InChI=1S/C26H34N4O2/c27-17-19-2-4-23(5-3-19)29-6-1-7-30(9-8-29)25(32)18-28-24(31)16-26-13-20-10-21(14-26)12-22(11-20)15-26/h2-5,20-22H,1,6-16,18H2,(H,28,31). The first-order valence-electron chi connectivity index (χ1n) is 12.3. The number of rotatable bonds is 5. The largest absolute Gasteiger partial charge is 0.370 e. The van der Waals surface area contributed by atoms with Crippen LogP contribution in [-0.2, 0) is 9.59 Å². The van der Waals surface area contributed by atoms with Crippen molar-refractivity contribution in [3.8, 4) is 6.07 Å². The van der Waals surface area contributed by atoms with Gasteiger partial charge in [0.15, 0.2) is 0 Å². The first kappa shape index (κ1) is 21.3. The molecule has 1 N–H and O–H groups in total. The van der Waals surface area contributed by atoms with Gasteiger partial charge >= 0.3 is 0 Å². The maximum Gasteiger partial charge on any atom is 0.242 e. The molecule has 0 radical (unpaired) electrons. The average molecular weight is 435 g/mol. The molecule has 1 heterocycles. The zero-order chi connectivity index (χ0) is 22.1. The van der Waals surface area contributed by atoms with Crippen molar-refractivity contribution < 1.29 is 9.59 Å². The highest BCUT2D eigenvalue weighted by atomic mass is 16.2.